The fraction of sp³-hybridized carbons (Fsp3) is 0.360. The number of ether oxygens (including phenoxy) is 3. The van der Waals surface area contributed by atoms with Crippen molar-refractivity contribution in [3.8, 4) is 17.2 Å². The second kappa shape index (κ2) is 11.5. The molecule has 0 radical (unpaired) electrons. The quantitative estimate of drug-likeness (QED) is 0.456. The average molecular weight is 488 g/mol. The summed E-state index contributed by atoms with van der Waals surface area (Å²) >= 11 is 5.84. The summed E-state index contributed by atoms with van der Waals surface area (Å²) in [7, 11) is 1.55. The maximum absolute atomic E-state index is 14.3. The zero-order valence-electron chi connectivity index (χ0n) is 19.0. The largest absolute Gasteiger partial charge is 0.496 e. The first-order valence-corrected chi connectivity index (χ1v) is 11.6. The number of aromatic nitrogens is 1. The molecule has 1 fully saturated rings. The molecule has 0 unspecified atom stereocenters. The Kier molecular flexibility index (Phi) is 8.16. The lowest BCUT2D eigenvalue weighted by Crippen LogP contribution is -2.38. The number of halogens is 2. The molecule has 0 aliphatic carbocycles. The lowest BCUT2D eigenvalue weighted by molar-refractivity contribution is -0.120. The van der Waals surface area contributed by atoms with E-state index in [0.29, 0.717) is 34.5 Å². The Bertz CT molecular complexity index is 1150. The smallest absolute Gasteiger partial charge is 0.224 e. The number of methoxy groups -OCH3 is 1. The van der Waals surface area contributed by atoms with Crippen LogP contribution in [0.3, 0.4) is 0 Å². The number of nitrogens with one attached hydrogen (secondary N) is 1. The van der Waals surface area contributed by atoms with Gasteiger partial charge in [0.05, 0.1) is 32.3 Å². The molecule has 34 heavy (non-hydrogen) atoms. The molecule has 180 valence electrons. The second-order valence-electron chi connectivity index (χ2n) is 8.00. The van der Waals surface area contributed by atoms with Crippen LogP contribution >= 0.6 is 11.6 Å². The molecule has 7 nitrogen and oxygen atoms in total. The summed E-state index contributed by atoms with van der Waals surface area (Å²) in [6.07, 6.45) is 2.58. The number of rotatable bonds is 9. The Hall–Kier alpha value is -2.94. The predicted octanol–water partition coefficient (Wildman–Crippen LogP) is 4.21. The highest BCUT2D eigenvalue weighted by molar-refractivity contribution is 6.30. The topological polar surface area (TPSA) is 72.9 Å². The summed E-state index contributed by atoms with van der Waals surface area (Å²) in [5, 5.41) is 3.91. The van der Waals surface area contributed by atoms with Crippen LogP contribution < -0.4 is 14.8 Å². The summed E-state index contributed by atoms with van der Waals surface area (Å²) in [6, 6.07) is 9.43. The molecule has 9 heteroatoms. The lowest BCUT2D eigenvalue weighted by atomic mass is 10.1. The number of carbonyl (C=O) groups excluding carboxylic acids is 1. The van der Waals surface area contributed by atoms with Gasteiger partial charge in [0.2, 0.25) is 5.91 Å². The SMILES string of the molecule is COc1cc2nccc(Oc3ccc(Cl)cc3F)c2cc1CC(=O)NCCCN1CCOCC1. The third-order valence-electron chi connectivity index (χ3n) is 5.65. The minimum atomic E-state index is -0.567. The predicted molar refractivity (Wildman–Crippen MR) is 128 cm³/mol. The minimum Gasteiger partial charge on any atom is -0.496 e. The number of morpholine rings is 1. The molecule has 4 rings (SSSR count). The van der Waals surface area contributed by atoms with E-state index in [9.17, 15) is 9.18 Å². The van der Waals surface area contributed by atoms with Gasteiger partial charge in [0.25, 0.3) is 0 Å². The third-order valence-corrected chi connectivity index (χ3v) is 5.88. The van der Waals surface area contributed by atoms with Gasteiger partial charge in [-0.05, 0) is 43.3 Å². The molecule has 1 aromatic heterocycles. The van der Waals surface area contributed by atoms with E-state index in [4.69, 9.17) is 25.8 Å². The van der Waals surface area contributed by atoms with E-state index in [0.717, 1.165) is 39.3 Å². The van der Waals surface area contributed by atoms with Gasteiger partial charge in [-0.2, -0.15) is 0 Å². The van der Waals surface area contributed by atoms with Crippen LogP contribution in [0.15, 0.2) is 42.6 Å². The maximum Gasteiger partial charge on any atom is 0.224 e. The fourth-order valence-electron chi connectivity index (χ4n) is 3.88. The van der Waals surface area contributed by atoms with Gasteiger partial charge in [0.15, 0.2) is 11.6 Å². The number of pyridine rings is 1. The molecule has 0 atom stereocenters. The van der Waals surface area contributed by atoms with Gasteiger partial charge in [-0.1, -0.05) is 11.6 Å². The summed E-state index contributed by atoms with van der Waals surface area (Å²) in [5.74, 6) is 0.351. The van der Waals surface area contributed by atoms with Crippen molar-refractivity contribution in [1.82, 2.24) is 15.2 Å². The first-order valence-electron chi connectivity index (χ1n) is 11.2. The van der Waals surface area contributed by atoms with Crippen LogP contribution in [0.1, 0.15) is 12.0 Å². The van der Waals surface area contributed by atoms with Gasteiger partial charge in [0.1, 0.15) is 11.5 Å². The summed E-state index contributed by atoms with van der Waals surface area (Å²) in [6.45, 7) is 4.91. The first kappa shape index (κ1) is 24.2. The molecule has 1 amide bonds. The first-order chi connectivity index (χ1) is 16.5. The zero-order chi connectivity index (χ0) is 23.9. The van der Waals surface area contributed by atoms with Crippen LogP contribution in [0, 0.1) is 5.82 Å². The van der Waals surface area contributed by atoms with E-state index in [1.165, 1.54) is 12.1 Å². The van der Waals surface area contributed by atoms with Crippen molar-refractivity contribution in [2.24, 2.45) is 0 Å². The molecule has 1 saturated heterocycles. The average Bonchev–Trinajstić information content (AvgIpc) is 2.84. The van der Waals surface area contributed by atoms with Crippen LogP contribution in [-0.4, -0.2) is 62.3 Å². The third kappa shape index (κ3) is 6.14. The highest BCUT2D eigenvalue weighted by atomic mass is 35.5. The highest BCUT2D eigenvalue weighted by Crippen LogP contribution is 2.34. The van der Waals surface area contributed by atoms with E-state index < -0.39 is 5.82 Å². The number of hydrogen-bond donors (Lipinski definition) is 1. The Morgan fingerprint density at radius 3 is 2.76 bits per heavy atom. The Morgan fingerprint density at radius 1 is 1.18 bits per heavy atom. The number of hydrogen-bond acceptors (Lipinski definition) is 6. The van der Waals surface area contributed by atoms with Gasteiger partial charge < -0.3 is 19.5 Å². The van der Waals surface area contributed by atoms with Gasteiger partial charge >= 0.3 is 0 Å². The molecule has 2 aromatic carbocycles. The molecule has 0 saturated carbocycles. The standard InChI is InChI=1S/C25H27ClFN3O4/c1-32-24-16-21-19(22(5-7-28-21)34-23-4-3-18(26)15-20(23)27)13-17(24)14-25(31)29-6-2-8-30-9-11-33-12-10-30/h3-5,7,13,15-16H,2,6,8-12,14H2,1H3,(H,29,31). The van der Waals surface area contributed by atoms with Crippen molar-refractivity contribution < 1.29 is 23.4 Å². The van der Waals surface area contributed by atoms with Crippen LogP contribution in [0.25, 0.3) is 10.9 Å². The minimum absolute atomic E-state index is 0.0484. The zero-order valence-corrected chi connectivity index (χ0v) is 19.7. The number of amides is 1. The number of carbonyl (C=O) groups is 1. The maximum atomic E-state index is 14.3. The molecule has 2 heterocycles. The highest BCUT2D eigenvalue weighted by Gasteiger charge is 2.15. The molecule has 1 aliphatic heterocycles. The second-order valence-corrected chi connectivity index (χ2v) is 8.44. The summed E-state index contributed by atoms with van der Waals surface area (Å²) < 4.78 is 30.9. The van der Waals surface area contributed by atoms with Crippen molar-refractivity contribution in [2.45, 2.75) is 12.8 Å². The van der Waals surface area contributed by atoms with Crippen molar-refractivity contribution in [3.05, 3.63) is 59.0 Å². The van der Waals surface area contributed by atoms with Crippen LogP contribution in [0.5, 0.6) is 17.2 Å². The van der Waals surface area contributed by atoms with Crippen molar-refractivity contribution >= 4 is 28.4 Å². The molecule has 1 N–H and O–H groups in total. The monoisotopic (exact) mass is 487 g/mol. The van der Waals surface area contributed by atoms with E-state index in [2.05, 4.69) is 15.2 Å². The van der Waals surface area contributed by atoms with Gasteiger partial charge in [-0.25, -0.2) is 4.39 Å². The van der Waals surface area contributed by atoms with Crippen molar-refractivity contribution in [1.29, 1.82) is 0 Å². The van der Waals surface area contributed by atoms with Gasteiger partial charge in [-0.15, -0.1) is 0 Å². The van der Waals surface area contributed by atoms with Crippen LogP contribution in [0.4, 0.5) is 4.39 Å². The normalized spacial score (nSPS) is 14.2. The fourth-order valence-corrected chi connectivity index (χ4v) is 4.04. The van der Waals surface area contributed by atoms with Gasteiger partial charge in [-0.3, -0.25) is 14.7 Å². The van der Waals surface area contributed by atoms with E-state index in [1.54, 1.807) is 37.6 Å². The Balaban J connectivity index is 1.45. The lowest BCUT2D eigenvalue weighted by Gasteiger charge is -2.26. The van der Waals surface area contributed by atoms with Crippen LogP contribution in [-0.2, 0) is 16.0 Å². The van der Waals surface area contributed by atoms with E-state index in [1.807, 2.05) is 0 Å². The molecular formula is C25H27ClFN3O4. The summed E-state index contributed by atoms with van der Waals surface area (Å²) in [5.41, 5.74) is 1.30. The van der Waals surface area contributed by atoms with Crippen molar-refractivity contribution in [2.75, 3.05) is 46.5 Å². The molecule has 3 aromatic rings. The molecular weight excluding hydrogens is 461 g/mol. The Morgan fingerprint density at radius 2 is 2.00 bits per heavy atom. The van der Waals surface area contributed by atoms with Crippen LogP contribution in [0.2, 0.25) is 5.02 Å². The Labute approximate surface area is 202 Å². The summed E-state index contributed by atoms with van der Waals surface area (Å²) in [4.78, 5) is 19.3. The van der Waals surface area contributed by atoms with Gasteiger partial charge in [0, 0.05) is 47.9 Å². The van der Waals surface area contributed by atoms with Crippen molar-refractivity contribution in [3.63, 3.8) is 0 Å². The number of fused-ring (bicyclic) bond motifs is 1. The molecule has 1 aliphatic rings. The number of benzene rings is 2. The number of nitrogens with zero attached hydrogens (tertiary/aromatic N) is 2. The van der Waals surface area contributed by atoms with E-state index in [-0.39, 0.29) is 23.1 Å². The van der Waals surface area contributed by atoms with E-state index >= 15 is 0 Å². The molecule has 0 bridgehead atoms. The molecule has 0 spiro atoms.